The van der Waals surface area contributed by atoms with E-state index in [1.165, 1.54) is 29.2 Å². The van der Waals surface area contributed by atoms with Gasteiger partial charge in [0.05, 0.1) is 13.7 Å². The summed E-state index contributed by atoms with van der Waals surface area (Å²) < 4.78 is 10.9. The minimum absolute atomic E-state index is 0. The van der Waals surface area contributed by atoms with Crippen molar-refractivity contribution in [2.45, 2.75) is 19.4 Å². The van der Waals surface area contributed by atoms with E-state index in [0.717, 1.165) is 44.6 Å². The number of nitrogens with one attached hydrogen (secondary N) is 1. The molecule has 2 aromatic carbocycles. The Hall–Kier alpha value is -1.54. The van der Waals surface area contributed by atoms with Crippen LogP contribution in [0.25, 0.3) is 10.8 Å². The molecule has 0 aliphatic carbocycles. The third-order valence-electron chi connectivity index (χ3n) is 5.70. The number of guanidine groups is 1. The summed E-state index contributed by atoms with van der Waals surface area (Å²) in [5, 5.41) is 5.95. The highest BCUT2D eigenvalue weighted by Gasteiger charge is 2.42. The zero-order valence-corrected chi connectivity index (χ0v) is 18.4. The van der Waals surface area contributed by atoms with Crippen molar-refractivity contribution in [3.8, 4) is 5.75 Å². The number of benzene rings is 2. The molecule has 6 heteroatoms. The van der Waals surface area contributed by atoms with Crippen molar-refractivity contribution >= 4 is 40.7 Å². The standard InChI is InChI=1S/C21H27N3O2.HI/c1-22-20(24-9-7-21(14-24)8-10-26-15-21)23-13-16-3-4-18-12-19(25-2)6-5-17(18)11-16;/h3-6,11-12H,7-10,13-15H2,1-2H3,(H,22,23);1H. The number of ether oxygens (including phenoxy) is 2. The molecule has 0 bridgehead atoms. The predicted molar refractivity (Wildman–Crippen MR) is 120 cm³/mol. The van der Waals surface area contributed by atoms with Crippen molar-refractivity contribution in [3.63, 3.8) is 0 Å². The van der Waals surface area contributed by atoms with E-state index in [2.05, 4.69) is 45.5 Å². The van der Waals surface area contributed by atoms with Gasteiger partial charge in [0, 0.05) is 38.7 Å². The third kappa shape index (κ3) is 4.32. The number of hydrogen-bond donors (Lipinski definition) is 1. The lowest BCUT2D eigenvalue weighted by Gasteiger charge is -2.25. The molecule has 2 aromatic rings. The maximum Gasteiger partial charge on any atom is 0.193 e. The van der Waals surface area contributed by atoms with Crippen molar-refractivity contribution in [2.75, 3.05) is 40.5 Å². The van der Waals surface area contributed by atoms with E-state index in [0.29, 0.717) is 5.41 Å². The highest BCUT2D eigenvalue weighted by atomic mass is 127. The number of nitrogens with zero attached hydrogens (tertiary/aromatic N) is 2. The second kappa shape index (κ2) is 8.65. The number of likely N-dealkylation sites (tertiary alicyclic amines) is 1. The predicted octanol–water partition coefficient (Wildman–Crippen LogP) is 3.65. The van der Waals surface area contributed by atoms with Crippen molar-refractivity contribution in [1.29, 1.82) is 0 Å². The first kappa shape index (κ1) is 20.2. The largest absolute Gasteiger partial charge is 0.497 e. The Labute approximate surface area is 178 Å². The molecule has 2 saturated heterocycles. The maximum atomic E-state index is 5.63. The Morgan fingerprint density at radius 2 is 2.04 bits per heavy atom. The van der Waals surface area contributed by atoms with E-state index in [9.17, 15) is 0 Å². The smallest absolute Gasteiger partial charge is 0.193 e. The Morgan fingerprint density at radius 1 is 1.22 bits per heavy atom. The minimum atomic E-state index is 0. The van der Waals surface area contributed by atoms with E-state index in [4.69, 9.17) is 9.47 Å². The van der Waals surface area contributed by atoms with Crippen molar-refractivity contribution < 1.29 is 9.47 Å². The second-order valence-corrected chi connectivity index (χ2v) is 7.42. The van der Waals surface area contributed by atoms with Crippen LogP contribution in [0.4, 0.5) is 0 Å². The average molecular weight is 481 g/mol. The van der Waals surface area contributed by atoms with Gasteiger partial charge in [-0.1, -0.05) is 18.2 Å². The second-order valence-electron chi connectivity index (χ2n) is 7.42. The number of fused-ring (bicyclic) bond motifs is 1. The van der Waals surface area contributed by atoms with Gasteiger partial charge in [-0.25, -0.2) is 0 Å². The average Bonchev–Trinajstić information content (AvgIpc) is 3.32. The fraction of sp³-hybridized carbons (Fsp3) is 0.476. The molecule has 0 radical (unpaired) electrons. The number of hydrogen-bond acceptors (Lipinski definition) is 3. The molecule has 1 N–H and O–H groups in total. The fourth-order valence-corrected chi connectivity index (χ4v) is 4.11. The first-order valence-corrected chi connectivity index (χ1v) is 9.31. The number of aliphatic imine (C=N–C) groups is 1. The fourth-order valence-electron chi connectivity index (χ4n) is 4.11. The van der Waals surface area contributed by atoms with Gasteiger partial charge in [-0.2, -0.15) is 0 Å². The summed E-state index contributed by atoms with van der Waals surface area (Å²) in [6.45, 7) is 4.68. The van der Waals surface area contributed by atoms with E-state index < -0.39 is 0 Å². The van der Waals surface area contributed by atoms with Crippen LogP contribution in [0.5, 0.6) is 5.75 Å². The molecule has 146 valence electrons. The van der Waals surface area contributed by atoms with E-state index in [1.807, 2.05) is 13.1 Å². The SMILES string of the molecule is CN=C(NCc1ccc2cc(OC)ccc2c1)N1CCC2(CCOC2)C1.I. The van der Waals surface area contributed by atoms with Crippen LogP contribution < -0.4 is 10.1 Å². The van der Waals surface area contributed by atoms with Crippen LogP contribution in [0.15, 0.2) is 41.4 Å². The Morgan fingerprint density at radius 3 is 2.78 bits per heavy atom. The van der Waals surface area contributed by atoms with Gasteiger partial charge in [0.2, 0.25) is 0 Å². The van der Waals surface area contributed by atoms with Crippen molar-refractivity contribution in [1.82, 2.24) is 10.2 Å². The molecule has 2 aliphatic rings. The summed E-state index contributed by atoms with van der Waals surface area (Å²) in [6.07, 6.45) is 2.38. The molecule has 0 aromatic heterocycles. The van der Waals surface area contributed by atoms with Gasteiger partial charge in [-0.3, -0.25) is 4.99 Å². The topological polar surface area (TPSA) is 46.1 Å². The summed E-state index contributed by atoms with van der Waals surface area (Å²) in [5.41, 5.74) is 1.60. The maximum absolute atomic E-state index is 5.63. The molecule has 27 heavy (non-hydrogen) atoms. The molecule has 2 heterocycles. The molecular weight excluding hydrogens is 453 g/mol. The normalized spacial score (nSPS) is 22.3. The lowest BCUT2D eigenvalue weighted by atomic mass is 9.87. The molecule has 2 fully saturated rings. The number of methoxy groups -OCH3 is 1. The van der Waals surface area contributed by atoms with Crippen LogP contribution >= 0.6 is 24.0 Å². The van der Waals surface area contributed by atoms with Crippen LogP contribution in [0.1, 0.15) is 18.4 Å². The van der Waals surface area contributed by atoms with Gasteiger partial charge >= 0.3 is 0 Å². The first-order chi connectivity index (χ1) is 12.7. The van der Waals surface area contributed by atoms with Gasteiger partial charge in [0.25, 0.3) is 0 Å². The van der Waals surface area contributed by atoms with Crippen molar-refractivity contribution in [2.24, 2.45) is 10.4 Å². The molecule has 1 unspecified atom stereocenters. The Kier molecular flexibility index (Phi) is 6.47. The highest BCUT2D eigenvalue weighted by Crippen LogP contribution is 2.38. The van der Waals surface area contributed by atoms with Crippen LogP contribution in [-0.2, 0) is 11.3 Å². The van der Waals surface area contributed by atoms with Crippen LogP contribution in [0.3, 0.4) is 0 Å². The summed E-state index contributed by atoms with van der Waals surface area (Å²) in [7, 11) is 3.57. The van der Waals surface area contributed by atoms with Crippen LogP contribution in [-0.4, -0.2) is 51.3 Å². The highest BCUT2D eigenvalue weighted by molar-refractivity contribution is 14.0. The quantitative estimate of drug-likeness (QED) is 0.413. The molecule has 0 saturated carbocycles. The number of rotatable bonds is 3. The van der Waals surface area contributed by atoms with Crippen molar-refractivity contribution in [3.05, 3.63) is 42.0 Å². The zero-order chi connectivity index (χ0) is 18.0. The Bertz CT molecular complexity index is 818. The summed E-state index contributed by atoms with van der Waals surface area (Å²) in [4.78, 5) is 6.87. The lowest BCUT2D eigenvalue weighted by Crippen LogP contribution is -2.41. The zero-order valence-electron chi connectivity index (χ0n) is 16.0. The molecule has 5 nitrogen and oxygen atoms in total. The summed E-state index contributed by atoms with van der Waals surface area (Å²) in [6, 6.07) is 12.7. The van der Waals surface area contributed by atoms with Gasteiger partial charge < -0.3 is 19.7 Å². The number of halogens is 1. The molecule has 0 amide bonds. The summed E-state index contributed by atoms with van der Waals surface area (Å²) >= 11 is 0. The Balaban J connectivity index is 0.00000210. The van der Waals surface area contributed by atoms with Crippen LogP contribution in [0.2, 0.25) is 0 Å². The van der Waals surface area contributed by atoms with Gasteiger partial charge in [0.1, 0.15) is 5.75 Å². The summed E-state index contributed by atoms with van der Waals surface area (Å²) in [5.74, 6) is 1.88. The van der Waals surface area contributed by atoms with E-state index in [1.54, 1.807) is 7.11 Å². The van der Waals surface area contributed by atoms with Gasteiger partial charge in [-0.15, -0.1) is 24.0 Å². The molecular formula is C21H28IN3O2. The molecule has 2 aliphatic heterocycles. The lowest BCUT2D eigenvalue weighted by molar-refractivity contribution is 0.156. The van der Waals surface area contributed by atoms with Gasteiger partial charge in [-0.05, 0) is 47.4 Å². The van der Waals surface area contributed by atoms with Gasteiger partial charge in [0.15, 0.2) is 5.96 Å². The molecule has 1 atom stereocenters. The monoisotopic (exact) mass is 481 g/mol. The van der Waals surface area contributed by atoms with E-state index in [-0.39, 0.29) is 24.0 Å². The van der Waals surface area contributed by atoms with Crippen LogP contribution in [0, 0.1) is 5.41 Å². The molecule has 4 rings (SSSR count). The third-order valence-corrected chi connectivity index (χ3v) is 5.70. The minimum Gasteiger partial charge on any atom is -0.497 e. The van der Waals surface area contributed by atoms with E-state index >= 15 is 0 Å². The first-order valence-electron chi connectivity index (χ1n) is 9.31. The molecule has 1 spiro atoms.